The first-order chi connectivity index (χ1) is 21.0. The van der Waals surface area contributed by atoms with Crippen molar-refractivity contribution in [3.8, 4) is 11.5 Å². The average Bonchev–Trinajstić information content (AvgIpc) is 2.99. The lowest BCUT2D eigenvalue weighted by atomic mass is 10.0. The van der Waals surface area contributed by atoms with Gasteiger partial charge in [0, 0.05) is 80.8 Å². The number of hydrogen-bond acceptors (Lipinski definition) is 11. The fraction of sp³-hybridized carbons (Fsp3) is 0.484. The zero-order chi connectivity index (χ0) is 31.4. The van der Waals surface area contributed by atoms with E-state index in [9.17, 15) is 8.42 Å². The van der Waals surface area contributed by atoms with Gasteiger partial charge in [0.15, 0.2) is 9.84 Å². The van der Waals surface area contributed by atoms with Crippen LogP contribution in [0.4, 0.5) is 28.8 Å². The molecule has 44 heavy (non-hydrogen) atoms. The number of likely N-dealkylation sites (N-methyl/N-ethyl adjacent to an activating group) is 1. The predicted molar refractivity (Wildman–Crippen MR) is 180 cm³/mol. The lowest BCUT2D eigenvalue weighted by Gasteiger charge is -2.43. The minimum absolute atomic E-state index is 0.177. The van der Waals surface area contributed by atoms with E-state index in [4.69, 9.17) is 9.47 Å². The molecule has 5 rings (SSSR count). The number of halogens is 1. The number of aromatic nitrogens is 2. The van der Waals surface area contributed by atoms with Crippen molar-refractivity contribution >= 4 is 54.6 Å². The molecule has 2 aliphatic rings. The Balaban J connectivity index is 1.32. The lowest BCUT2D eigenvalue weighted by Crippen LogP contribution is -2.52. The van der Waals surface area contributed by atoms with Crippen molar-refractivity contribution < 1.29 is 17.9 Å². The van der Waals surface area contributed by atoms with Gasteiger partial charge in [0.2, 0.25) is 5.95 Å². The number of aryl methyl sites for hydroxylation is 1. The normalized spacial score (nSPS) is 17.0. The van der Waals surface area contributed by atoms with E-state index in [2.05, 4.69) is 77.3 Å². The molecule has 2 fully saturated rings. The van der Waals surface area contributed by atoms with Crippen LogP contribution in [0.3, 0.4) is 0 Å². The molecule has 0 bridgehead atoms. The van der Waals surface area contributed by atoms with Gasteiger partial charge in [-0.2, -0.15) is 4.98 Å². The van der Waals surface area contributed by atoms with Gasteiger partial charge in [-0.15, -0.1) is 0 Å². The Morgan fingerprint density at radius 2 is 1.68 bits per heavy atom. The summed E-state index contributed by atoms with van der Waals surface area (Å²) in [6.07, 6.45) is 5.16. The molecular formula is C31H42BrN7O4S. The molecule has 0 spiro atoms. The standard InChI is InChI=1S/C31H42BrN7O4S/c1-21-17-26(29(43-4)18-27(21)39-11-9-22(10-12-39)38-15-13-37(2)14-16-38)35-31-33-19-24(32)30(36-31)34-25-7-6-8-28(42-3)23(25)20-44(5,40)41/h6-8,17-19,22H,9-16,20H2,1-5H3,(H2,33,34,35,36). The Labute approximate surface area is 269 Å². The number of anilines is 5. The van der Waals surface area contributed by atoms with Crippen molar-refractivity contribution in [3.63, 3.8) is 0 Å². The van der Waals surface area contributed by atoms with Crippen molar-refractivity contribution in [3.05, 3.63) is 52.1 Å². The third-order valence-electron chi connectivity index (χ3n) is 8.38. The largest absolute Gasteiger partial charge is 0.496 e. The molecule has 2 aliphatic heterocycles. The summed E-state index contributed by atoms with van der Waals surface area (Å²) >= 11 is 3.52. The number of rotatable bonds is 10. The molecule has 13 heteroatoms. The Hall–Kier alpha value is -3.13. The van der Waals surface area contributed by atoms with Crippen LogP contribution in [-0.2, 0) is 15.6 Å². The second-order valence-corrected chi connectivity index (χ2v) is 14.6. The van der Waals surface area contributed by atoms with E-state index in [1.54, 1.807) is 31.5 Å². The van der Waals surface area contributed by atoms with E-state index in [-0.39, 0.29) is 5.75 Å². The predicted octanol–water partition coefficient (Wildman–Crippen LogP) is 4.81. The smallest absolute Gasteiger partial charge is 0.229 e. The molecule has 1 aromatic heterocycles. The third kappa shape index (κ3) is 7.74. The van der Waals surface area contributed by atoms with Gasteiger partial charge in [0.05, 0.1) is 30.1 Å². The maximum Gasteiger partial charge on any atom is 0.229 e. The molecule has 0 saturated carbocycles. The molecule has 238 valence electrons. The minimum Gasteiger partial charge on any atom is -0.496 e. The number of piperidine rings is 1. The van der Waals surface area contributed by atoms with Crippen molar-refractivity contribution in [2.45, 2.75) is 31.6 Å². The fourth-order valence-electron chi connectivity index (χ4n) is 5.99. The van der Waals surface area contributed by atoms with Crippen molar-refractivity contribution in [1.82, 2.24) is 19.8 Å². The fourth-order valence-corrected chi connectivity index (χ4v) is 7.10. The first-order valence-corrected chi connectivity index (χ1v) is 17.7. The van der Waals surface area contributed by atoms with Gasteiger partial charge in [0.1, 0.15) is 17.3 Å². The molecule has 2 saturated heterocycles. The monoisotopic (exact) mass is 687 g/mol. The number of sulfone groups is 1. The molecule has 0 amide bonds. The molecule has 3 heterocycles. The molecule has 0 unspecified atom stereocenters. The van der Waals surface area contributed by atoms with Crippen molar-refractivity contribution in [2.75, 3.05) is 82.3 Å². The van der Waals surface area contributed by atoms with Crippen LogP contribution in [0.5, 0.6) is 11.5 Å². The number of benzene rings is 2. The summed E-state index contributed by atoms with van der Waals surface area (Å²) in [4.78, 5) is 16.7. The van der Waals surface area contributed by atoms with Crippen LogP contribution in [0.25, 0.3) is 0 Å². The van der Waals surface area contributed by atoms with E-state index in [1.165, 1.54) is 19.1 Å². The maximum absolute atomic E-state index is 12.2. The van der Waals surface area contributed by atoms with E-state index in [0.29, 0.717) is 45.0 Å². The summed E-state index contributed by atoms with van der Waals surface area (Å²) in [5, 5.41) is 6.58. The van der Waals surface area contributed by atoms with Crippen LogP contribution in [0.2, 0.25) is 0 Å². The summed E-state index contributed by atoms with van der Waals surface area (Å²) in [5.74, 6) is 1.84. The highest BCUT2D eigenvalue weighted by Gasteiger charge is 2.28. The summed E-state index contributed by atoms with van der Waals surface area (Å²) < 4.78 is 36.2. The second-order valence-electron chi connectivity index (χ2n) is 11.6. The second kappa shape index (κ2) is 13.9. The molecule has 3 aromatic rings. The Morgan fingerprint density at radius 3 is 2.34 bits per heavy atom. The van der Waals surface area contributed by atoms with Crippen LogP contribution < -0.4 is 25.0 Å². The first-order valence-electron chi connectivity index (χ1n) is 14.8. The number of ether oxygens (including phenoxy) is 2. The van der Waals surface area contributed by atoms with Gasteiger partial charge in [-0.3, -0.25) is 4.90 Å². The van der Waals surface area contributed by atoms with Crippen LogP contribution in [-0.4, -0.2) is 101 Å². The molecule has 11 nitrogen and oxygen atoms in total. The summed E-state index contributed by atoms with van der Waals surface area (Å²) in [5.41, 5.74) is 4.18. The molecule has 2 N–H and O–H groups in total. The van der Waals surface area contributed by atoms with Gasteiger partial charge in [-0.25, -0.2) is 13.4 Å². The SMILES string of the molecule is COc1cc(N2CCC(N3CCN(C)CC3)CC2)c(C)cc1Nc1ncc(Br)c(Nc2cccc(OC)c2CS(C)(=O)=O)n1. The van der Waals surface area contributed by atoms with Crippen LogP contribution in [0.1, 0.15) is 24.0 Å². The number of nitrogens with zero attached hydrogens (tertiary/aromatic N) is 5. The zero-order valence-electron chi connectivity index (χ0n) is 26.1. The Kier molecular flexibility index (Phi) is 10.2. The topological polar surface area (TPSA) is 112 Å². The molecule has 0 atom stereocenters. The van der Waals surface area contributed by atoms with Gasteiger partial charge in [-0.05, 0) is 66.5 Å². The quantitative estimate of drug-likeness (QED) is 0.306. The summed E-state index contributed by atoms with van der Waals surface area (Å²) in [7, 11) is 2.07. The maximum atomic E-state index is 12.2. The van der Waals surface area contributed by atoms with E-state index >= 15 is 0 Å². The molecular weight excluding hydrogens is 646 g/mol. The van der Waals surface area contributed by atoms with Gasteiger partial charge < -0.3 is 29.9 Å². The number of hydrogen-bond donors (Lipinski definition) is 2. The lowest BCUT2D eigenvalue weighted by molar-refractivity contribution is 0.0982. The molecule has 0 radical (unpaired) electrons. The van der Waals surface area contributed by atoms with Crippen LogP contribution in [0, 0.1) is 6.92 Å². The van der Waals surface area contributed by atoms with Crippen molar-refractivity contribution in [1.29, 1.82) is 0 Å². The van der Waals surface area contributed by atoms with E-state index < -0.39 is 9.84 Å². The minimum atomic E-state index is -3.31. The number of nitrogens with one attached hydrogen (secondary N) is 2. The highest BCUT2D eigenvalue weighted by molar-refractivity contribution is 9.10. The summed E-state index contributed by atoms with van der Waals surface area (Å²) in [6.45, 7) is 8.77. The van der Waals surface area contributed by atoms with E-state index in [1.807, 2.05) is 0 Å². The number of methoxy groups -OCH3 is 2. The van der Waals surface area contributed by atoms with Crippen molar-refractivity contribution in [2.24, 2.45) is 0 Å². The van der Waals surface area contributed by atoms with Gasteiger partial charge in [0.25, 0.3) is 0 Å². The molecule has 0 aliphatic carbocycles. The Bertz CT molecular complexity index is 1570. The van der Waals surface area contributed by atoms with E-state index in [0.717, 1.165) is 63.4 Å². The average molecular weight is 689 g/mol. The zero-order valence-corrected chi connectivity index (χ0v) is 28.5. The first kappa shape index (κ1) is 32.3. The highest BCUT2D eigenvalue weighted by Crippen LogP contribution is 2.37. The Morgan fingerprint density at radius 1 is 0.977 bits per heavy atom. The third-order valence-corrected chi connectivity index (χ3v) is 9.77. The van der Waals surface area contributed by atoms with Gasteiger partial charge >= 0.3 is 0 Å². The summed E-state index contributed by atoms with van der Waals surface area (Å²) in [6, 6.07) is 10.2. The van der Waals surface area contributed by atoms with Crippen LogP contribution >= 0.6 is 15.9 Å². The van der Waals surface area contributed by atoms with Gasteiger partial charge in [-0.1, -0.05) is 6.07 Å². The van der Waals surface area contributed by atoms with Crippen LogP contribution in [0.15, 0.2) is 41.0 Å². The number of piperazine rings is 1. The molecule has 2 aromatic carbocycles. The highest BCUT2D eigenvalue weighted by atomic mass is 79.9.